The molecule has 0 radical (unpaired) electrons. The zero-order chi connectivity index (χ0) is 15.7. The van der Waals surface area contributed by atoms with Crippen molar-refractivity contribution in [3.8, 4) is 0 Å². The summed E-state index contributed by atoms with van der Waals surface area (Å²) in [5, 5.41) is 18.0. The van der Waals surface area contributed by atoms with Crippen molar-refractivity contribution in [1.29, 1.82) is 0 Å². The zero-order valence-electron chi connectivity index (χ0n) is 14.1. The Hall–Kier alpha value is -0.420. The van der Waals surface area contributed by atoms with Gasteiger partial charge in [-0.3, -0.25) is 4.99 Å². The number of aliphatic hydroxyl groups is 1. The van der Waals surface area contributed by atoms with Crippen LogP contribution >= 0.6 is 11.8 Å². The normalized spacial score (nSPS) is 24.0. The molecule has 1 fully saturated rings. The van der Waals surface area contributed by atoms with Gasteiger partial charge in [-0.1, -0.05) is 20.3 Å². The molecule has 0 aromatic carbocycles. The van der Waals surface area contributed by atoms with Gasteiger partial charge in [0.25, 0.3) is 0 Å². The van der Waals surface area contributed by atoms with Crippen LogP contribution in [0.1, 0.15) is 59.3 Å². The fraction of sp³-hybridized carbons (Fsp3) is 0.938. The summed E-state index contributed by atoms with van der Waals surface area (Å²) in [6, 6.07) is 0.505. The van der Waals surface area contributed by atoms with Gasteiger partial charge < -0.3 is 15.7 Å². The number of hydrogen-bond acceptors (Lipinski definition) is 3. The van der Waals surface area contributed by atoms with Crippen molar-refractivity contribution in [3.63, 3.8) is 0 Å². The molecule has 0 aromatic heterocycles. The first kappa shape index (κ1) is 18.6. The summed E-state index contributed by atoms with van der Waals surface area (Å²) in [5.74, 6) is 0.851. The lowest BCUT2D eigenvalue weighted by atomic mass is 9.95. The SMILES string of the molecule is CCNC(=NCC(O)(CC)CC)NC1CCCC(SC)C1. The van der Waals surface area contributed by atoms with Gasteiger partial charge in [0, 0.05) is 17.8 Å². The molecule has 2 unspecified atom stereocenters. The van der Waals surface area contributed by atoms with Crippen LogP contribution in [-0.2, 0) is 0 Å². The first-order valence-electron chi connectivity index (χ1n) is 8.36. The molecule has 1 aliphatic carbocycles. The second-order valence-electron chi connectivity index (χ2n) is 5.99. The quantitative estimate of drug-likeness (QED) is 0.499. The Morgan fingerprint density at radius 3 is 2.57 bits per heavy atom. The molecule has 1 rings (SSSR count). The molecule has 0 aliphatic heterocycles. The van der Waals surface area contributed by atoms with Crippen LogP contribution in [0.5, 0.6) is 0 Å². The standard InChI is InChI=1S/C16H33N3OS/c1-5-16(20,6-2)12-18-15(17-7-3)19-13-9-8-10-14(11-13)21-4/h13-14,20H,5-12H2,1-4H3,(H2,17,18,19). The highest BCUT2D eigenvalue weighted by Crippen LogP contribution is 2.26. The van der Waals surface area contributed by atoms with Crippen LogP contribution in [0.2, 0.25) is 0 Å². The Morgan fingerprint density at radius 2 is 2.00 bits per heavy atom. The van der Waals surface area contributed by atoms with Gasteiger partial charge >= 0.3 is 0 Å². The molecule has 0 heterocycles. The summed E-state index contributed by atoms with van der Waals surface area (Å²) in [4.78, 5) is 4.61. The summed E-state index contributed by atoms with van der Waals surface area (Å²) < 4.78 is 0. The number of nitrogens with one attached hydrogen (secondary N) is 2. The van der Waals surface area contributed by atoms with E-state index in [1.165, 1.54) is 25.7 Å². The fourth-order valence-corrected chi connectivity index (χ4v) is 3.53. The van der Waals surface area contributed by atoms with Gasteiger partial charge in [0.2, 0.25) is 0 Å². The molecular weight excluding hydrogens is 282 g/mol. The van der Waals surface area contributed by atoms with Crippen LogP contribution in [0, 0.1) is 0 Å². The largest absolute Gasteiger partial charge is 0.388 e. The van der Waals surface area contributed by atoms with Crippen LogP contribution in [0.15, 0.2) is 4.99 Å². The van der Waals surface area contributed by atoms with Crippen LogP contribution in [-0.4, -0.2) is 47.3 Å². The van der Waals surface area contributed by atoms with Gasteiger partial charge in [0.1, 0.15) is 0 Å². The van der Waals surface area contributed by atoms with Crippen molar-refractivity contribution >= 4 is 17.7 Å². The summed E-state index contributed by atoms with van der Waals surface area (Å²) >= 11 is 1.97. The second kappa shape index (κ2) is 9.57. The zero-order valence-corrected chi connectivity index (χ0v) is 14.9. The summed E-state index contributed by atoms with van der Waals surface area (Å²) in [6.07, 6.45) is 8.73. The van der Waals surface area contributed by atoms with Crippen molar-refractivity contribution in [3.05, 3.63) is 0 Å². The monoisotopic (exact) mass is 315 g/mol. The third kappa shape index (κ3) is 6.47. The topological polar surface area (TPSA) is 56.7 Å². The lowest BCUT2D eigenvalue weighted by molar-refractivity contribution is 0.0417. The van der Waals surface area contributed by atoms with Crippen molar-refractivity contribution in [2.24, 2.45) is 4.99 Å². The predicted molar refractivity (Wildman–Crippen MR) is 94.2 cm³/mol. The summed E-state index contributed by atoms with van der Waals surface area (Å²) in [6.45, 7) is 7.43. The molecule has 1 aliphatic rings. The van der Waals surface area contributed by atoms with E-state index < -0.39 is 5.60 Å². The fourth-order valence-electron chi connectivity index (χ4n) is 2.70. The maximum atomic E-state index is 10.4. The molecule has 0 amide bonds. The third-order valence-electron chi connectivity index (χ3n) is 4.49. The highest BCUT2D eigenvalue weighted by atomic mass is 32.2. The van der Waals surface area contributed by atoms with Crippen LogP contribution < -0.4 is 10.6 Å². The number of hydrogen-bond donors (Lipinski definition) is 3. The van der Waals surface area contributed by atoms with Gasteiger partial charge in [-0.25, -0.2) is 0 Å². The molecule has 124 valence electrons. The summed E-state index contributed by atoms with van der Waals surface area (Å²) in [5.41, 5.74) is -0.670. The molecule has 1 saturated carbocycles. The molecule has 3 N–H and O–H groups in total. The molecule has 0 spiro atoms. The van der Waals surface area contributed by atoms with Gasteiger partial charge in [0.15, 0.2) is 5.96 Å². The molecular formula is C16H33N3OS. The Morgan fingerprint density at radius 1 is 1.29 bits per heavy atom. The third-order valence-corrected chi connectivity index (χ3v) is 5.59. The van der Waals surface area contributed by atoms with E-state index in [2.05, 4.69) is 28.8 Å². The minimum atomic E-state index is -0.670. The maximum absolute atomic E-state index is 10.4. The lowest BCUT2D eigenvalue weighted by Gasteiger charge is -2.30. The maximum Gasteiger partial charge on any atom is 0.191 e. The highest BCUT2D eigenvalue weighted by molar-refractivity contribution is 7.99. The van der Waals surface area contributed by atoms with Crippen molar-refractivity contribution in [2.75, 3.05) is 19.3 Å². The van der Waals surface area contributed by atoms with E-state index in [0.29, 0.717) is 12.6 Å². The molecule has 5 heteroatoms. The second-order valence-corrected chi connectivity index (χ2v) is 7.13. The lowest BCUT2D eigenvalue weighted by Crippen LogP contribution is -2.46. The van der Waals surface area contributed by atoms with Gasteiger partial charge in [-0.15, -0.1) is 0 Å². The molecule has 0 saturated heterocycles. The minimum Gasteiger partial charge on any atom is -0.388 e. The Balaban J connectivity index is 2.59. The van der Waals surface area contributed by atoms with Gasteiger partial charge in [0.05, 0.1) is 12.1 Å². The minimum absolute atomic E-state index is 0.466. The Kier molecular flexibility index (Phi) is 8.49. The number of rotatable bonds is 7. The van der Waals surface area contributed by atoms with Crippen LogP contribution in [0.25, 0.3) is 0 Å². The van der Waals surface area contributed by atoms with Gasteiger partial charge in [-0.05, 0) is 45.3 Å². The average Bonchev–Trinajstić information content (AvgIpc) is 2.52. The van der Waals surface area contributed by atoms with E-state index in [-0.39, 0.29) is 0 Å². The number of guanidine groups is 1. The number of thioether (sulfide) groups is 1. The van der Waals surface area contributed by atoms with Crippen LogP contribution in [0.4, 0.5) is 0 Å². The Bertz CT molecular complexity index is 319. The van der Waals surface area contributed by atoms with E-state index in [1.807, 2.05) is 25.6 Å². The van der Waals surface area contributed by atoms with Gasteiger partial charge in [-0.2, -0.15) is 11.8 Å². The summed E-state index contributed by atoms with van der Waals surface area (Å²) in [7, 11) is 0. The molecule has 0 bridgehead atoms. The highest BCUT2D eigenvalue weighted by Gasteiger charge is 2.24. The van der Waals surface area contributed by atoms with E-state index in [4.69, 9.17) is 0 Å². The number of aliphatic imine (C=N–C) groups is 1. The van der Waals surface area contributed by atoms with E-state index in [1.54, 1.807) is 0 Å². The smallest absolute Gasteiger partial charge is 0.191 e. The van der Waals surface area contributed by atoms with Crippen LogP contribution in [0.3, 0.4) is 0 Å². The molecule has 21 heavy (non-hydrogen) atoms. The molecule has 4 nitrogen and oxygen atoms in total. The van der Waals surface area contributed by atoms with E-state index >= 15 is 0 Å². The predicted octanol–water partition coefficient (Wildman–Crippen LogP) is 2.77. The molecule has 2 atom stereocenters. The van der Waals surface area contributed by atoms with Crippen molar-refractivity contribution < 1.29 is 5.11 Å². The van der Waals surface area contributed by atoms with E-state index in [0.717, 1.165) is 30.6 Å². The average molecular weight is 316 g/mol. The van der Waals surface area contributed by atoms with Crippen molar-refractivity contribution in [2.45, 2.75) is 76.2 Å². The Labute approximate surface area is 134 Å². The first-order chi connectivity index (χ1) is 10.1. The first-order valence-corrected chi connectivity index (χ1v) is 9.65. The van der Waals surface area contributed by atoms with Crippen molar-refractivity contribution in [1.82, 2.24) is 10.6 Å². The number of nitrogens with zero attached hydrogens (tertiary/aromatic N) is 1. The van der Waals surface area contributed by atoms with E-state index in [9.17, 15) is 5.11 Å². The molecule has 0 aromatic rings.